The lowest BCUT2D eigenvalue weighted by Gasteiger charge is -2.13. The molecule has 0 radical (unpaired) electrons. The van der Waals surface area contributed by atoms with Crippen LogP contribution < -0.4 is 11.3 Å². The lowest BCUT2D eigenvalue weighted by molar-refractivity contribution is 0.535. The lowest BCUT2D eigenvalue weighted by Crippen LogP contribution is -2.30. The van der Waals surface area contributed by atoms with E-state index in [2.05, 4.69) is 50.0 Å². The van der Waals surface area contributed by atoms with Crippen molar-refractivity contribution in [3.63, 3.8) is 0 Å². The summed E-state index contributed by atoms with van der Waals surface area (Å²) in [6.07, 6.45) is 0.815. The number of aromatic nitrogens is 2. The number of benzene rings is 1. The molecule has 3 rings (SSSR count). The summed E-state index contributed by atoms with van der Waals surface area (Å²) in [5.74, 6) is 5.76. The van der Waals surface area contributed by atoms with Crippen LogP contribution in [0.15, 0.2) is 40.2 Å². The third kappa shape index (κ3) is 2.40. The molecule has 3 aromatic rings. The Morgan fingerprint density at radius 2 is 2.20 bits per heavy atom. The maximum Gasteiger partial charge on any atom is 0.0889 e. The highest BCUT2D eigenvalue weighted by atomic mass is 79.9. The predicted molar refractivity (Wildman–Crippen MR) is 86.5 cm³/mol. The molecule has 0 saturated carbocycles. The van der Waals surface area contributed by atoms with Gasteiger partial charge in [-0.05, 0) is 33.4 Å². The van der Waals surface area contributed by atoms with E-state index in [9.17, 15) is 0 Å². The number of hydrazine groups is 1. The fourth-order valence-corrected chi connectivity index (χ4v) is 3.95. The van der Waals surface area contributed by atoms with Crippen molar-refractivity contribution >= 4 is 38.2 Å². The quantitative estimate of drug-likeness (QED) is 0.561. The van der Waals surface area contributed by atoms with E-state index >= 15 is 0 Å². The summed E-state index contributed by atoms with van der Waals surface area (Å²) in [5, 5.41) is 7.85. The van der Waals surface area contributed by atoms with E-state index in [1.54, 1.807) is 11.3 Å². The molecule has 1 atom stereocenters. The Labute approximate surface area is 129 Å². The molecule has 3 N–H and O–H groups in total. The minimum absolute atomic E-state index is 0.00366. The number of hydrogen-bond donors (Lipinski definition) is 2. The number of halogens is 1. The van der Waals surface area contributed by atoms with Crippen LogP contribution in [0.4, 0.5) is 0 Å². The highest BCUT2D eigenvalue weighted by molar-refractivity contribution is 9.10. The van der Waals surface area contributed by atoms with E-state index in [1.807, 2.05) is 23.9 Å². The first kappa shape index (κ1) is 13.8. The van der Waals surface area contributed by atoms with Crippen molar-refractivity contribution in [2.75, 3.05) is 0 Å². The van der Waals surface area contributed by atoms with E-state index in [-0.39, 0.29) is 6.04 Å². The highest BCUT2D eigenvalue weighted by Crippen LogP contribution is 2.30. The van der Waals surface area contributed by atoms with Gasteiger partial charge < -0.3 is 0 Å². The number of fused-ring (bicyclic) bond motifs is 1. The van der Waals surface area contributed by atoms with E-state index in [0.29, 0.717) is 0 Å². The Balaban J connectivity index is 2.01. The molecule has 0 spiro atoms. The Bertz CT molecular complexity index is 734. The van der Waals surface area contributed by atoms with Crippen LogP contribution in [0.25, 0.3) is 10.9 Å². The molecule has 0 bridgehead atoms. The molecule has 2 heterocycles. The van der Waals surface area contributed by atoms with Gasteiger partial charge in [-0.25, -0.2) is 0 Å². The second-order valence-corrected chi connectivity index (χ2v) is 6.50. The molecule has 6 heteroatoms. The summed E-state index contributed by atoms with van der Waals surface area (Å²) in [4.78, 5) is 1.27. The standard InChI is InChI=1S/C14H15BrN4S/c1-19-12-5-3-2-4-9(12)14(18-19)11(17-16)8-13-10(15)6-7-20-13/h2-7,11,17H,8,16H2,1H3. The minimum Gasteiger partial charge on any atom is -0.271 e. The molecule has 2 aromatic heterocycles. The monoisotopic (exact) mass is 350 g/mol. The van der Waals surface area contributed by atoms with Gasteiger partial charge in [0.2, 0.25) is 0 Å². The van der Waals surface area contributed by atoms with Gasteiger partial charge in [0.25, 0.3) is 0 Å². The Morgan fingerprint density at radius 3 is 2.90 bits per heavy atom. The maximum atomic E-state index is 5.76. The largest absolute Gasteiger partial charge is 0.271 e. The van der Waals surface area contributed by atoms with Crippen molar-refractivity contribution in [2.24, 2.45) is 12.9 Å². The number of para-hydroxylation sites is 1. The van der Waals surface area contributed by atoms with Gasteiger partial charge in [0, 0.05) is 28.2 Å². The molecule has 0 aliphatic heterocycles. The van der Waals surface area contributed by atoms with Crippen molar-refractivity contribution < 1.29 is 0 Å². The van der Waals surface area contributed by atoms with E-state index in [0.717, 1.165) is 27.5 Å². The second-order valence-electron chi connectivity index (χ2n) is 4.64. The average molecular weight is 351 g/mol. The molecular weight excluding hydrogens is 336 g/mol. The predicted octanol–water partition coefficient (Wildman–Crippen LogP) is 3.14. The molecule has 104 valence electrons. The fraction of sp³-hybridized carbons (Fsp3) is 0.214. The third-order valence-electron chi connectivity index (χ3n) is 3.40. The van der Waals surface area contributed by atoms with Crippen LogP contribution >= 0.6 is 27.3 Å². The van der Waals surface area contributed by atoms with Gasteiger partial charge >= 0.3 is 0 Å². The van der Waals surface area contributed by atoms with Crippen LogP contribution in [0, 0.1) is 0 Å². The van der Waals surface area contributed by atoms with Gasteiger partial charge in [-0.2, -0.15) is 5.10 Å². The van der Waals surface area contributed by atoms with Crippen LogP contribution in [0.2, 0.25) is 0 Å². The summed E-state index contributed by atoms with van der Waals surface area (Å²) >= 11 is 5.29. The summed E-state index contributed by atoms with van der Waals surface area (Å²) in [6, 6.07) is 10.3. The summed E-state index contributed by atoms with van der Waals surface area (Å²) in [7, 11) is 1.96. The van der Waals surface area contributed by atoms with Gasteiger partial charge in [-0.15, -0.1) is 11.3 Å². The van der Waals surface area contributed by atoms with Crippen molar-refractivity contribution in [3.8, 4) is 0 Å². The molecule has 20 heavy (non-hydrogen) atoms. The Hall–Kier alpha value is -1.21. The number of nitrogens with zero attached hydrogens (tertiary/aromatic N) is 2. The van der Waals surface area contributed by atoms with Gasteiger partial charge in [-0.3, -0.25) is 16.0 Å². The summed E-state index contributed by atoms with van der Waals surface area (Å²) in [6.45, 7) is 0. The van der Waals surface area contributed by atoms with Crippen molar-refractivity contribution in [2.45, 2.75) is 12.5 Å². The smallest absolute Gasteiger partial charge is 0.0889 e. The zero-order chi connectivity index (χ0) is 14.1. The minimum atomic E-state index is -0.00366. The zero-order valence-corrected chi connectivity index (χ0v) is 13.4. The highest BCUT2D eigenvalue weighted by Gasteiger charge is 2.19. The molecule has 1 unspecified atom stereocenters. The fourth-order valence-electron chi connectivity index (χ4n) is 2.39. The van der Waals surface area contributed by atoms with Gasteiger partial charge in [0.15, 0.2) is 0 Å². The lowest BCUT2D eigenvalue weighted by atomic mass is 10.1. The van der Waals surface area contributed by atoms with Gasteiger partial charge in [-0.1, -0.05) is 18.2 Å². The van der Waals surface area contributed by atoms with Crippen LogP contribution in [-0.2, 0) is 13.5 Å². The van der Waals surface area contributed by atoms with Crippen LogP contribution in [0.5, 0.6) is 0 Å². The zero-order valence-electron chi connectivity index (χ0n) is 11.0. The SMILES string of the molecule is Cn1nc(C(Cc2sccc2Br)NN)c2ccccc21. The van der Waals surface area contributed by atoms with E-state index in [1.165, 1.54) is 4.88 Å². The first-order valence-corrected chi connectivity index (χ1v) is 7.97. The first-order chi connectivity index (χ1) is 9.70. The van der Waals surface area contributed by atoms with Crippen molar-refractivity contribution in [1.82, 2.24) is 15.2 Å². The molecule has 4 nitrogen and oxygen atoms in total. The maximum absolute atomic E-state index is 5.76. The number of thiophene rings is 1. The summed E-state index contributed by atoms with van der Waals surface area (Å²) < 4.78 is 3.03. The number of aryl methyl sites for hydroxylation is 1. The number of nitrogens with one attached hydrogen (secondary N) is 1. The Morgan fingerprint density at radius 1 is 1.40 bits per heavy atom. The normalized spacial score (nSPS) is 12.9. The molecular formula is C14H15BrN4S. The average Bonchev–Trinajstić information content (AvgIpc) is 3.01. The Kier molecular flexibility index (Phi) is 3.89. The number of hydrogen-bond acceptors (Lipinski definition) is 4. The molecule has 0 fully saturated rings. The van der Waals surface area contributed by atoms with Crippen molar-refractivity contribution in [3.05, 3.63) is 50.8 Å². The molecule has 0 aliphatic rings. The third-order valence-corrected chi connectivity index (χ3v) is 5.35. The molecule has 0 amide bonds. The molecule has 1 aromatic carbocycles. The number of rotatable bonds is 4. The topological polar surface area (TPSA) is 55.9 Å². The van der Waals surface area contributed by atoms with Crippen LogP contribution in [0.3, 0.4) is 0 Å². The second kappa shape index (κ2) is 5.65. The van der Waals surface area contributed by atoms with E-state index < -0.39 is 0 Å². The van der Waals surface area contributed by atoms with Crippen LogP contribution in [0.1, 0.15) is 16.6 Å². The van der Waals surface area contributed by atoms with E-state index in [4.69, 9.17) is 5.84 Å². The molecule has 0 aliphatic carbocycles. The van der Waals surface area contributed by atoms with Crippen molar-refractivity contribution in [1.29, 1.82) is 0 Å². The van der Waals surface area contributed by atoms with Gasteiger partial charge in [0.1, 0.15) is 0 Å². The molecule has 0 saturated heterocycles. The van der Waals surface area contributed by atoms with Gasteiger partial charge in [0.05, 0.1) is 17.3 Å². The van der Waals surface area contributed by atoms with Crippen LogP contribution in [-0.4, -0.2) is 9.78 Å². The summed E-state index contributed by atoms with van der Waals surface area (Å²) in [5.41, 5.74) is 5.01. The first-order valence-electron chi connectivity index (χ1n) is 6.30. The number of nitrogens with two attached hydrogens (primary N) is 1.